The molecule has 6 rings (SSSR count). The van der Waals surface area contributed by atoms with Crippen LogP contribution < -0.4 is 28.1 Å². The van der Waals surface area contributed by atoms with Crippen LogP contribution in [0.25, 0.3) is 11.1 Å². The van der Waals surface area contributed by atoms with Crippen LogP contribution >= 0.6 is 0 Å². The summed E-state index contributed by atoms with van der Waals surface area (Å²) >= 11 is -2.49. The molecule has 3 heteroatoms. The van der Waals surface area contributed by atoms with E-state index in [1.165, 1.54) is 33.4 Å². The zero-order valence-corrected chi connectivity index (χ0v) is 23.6. The van der Waals surface area contributed by atoms with E-state index in [0.717, 1.165) is 12.8 Å². The molecule has 0 nitrogen and oxygen atoms in total. The predicted molar refractivity (Wildman–Crippen MR) is 137 cm³/mol. The van der Waals surface area contributed by atoms with Gasteiger partial charge in [-0.25, -0.2) is 0 Å². The van der Waals surface area contributed by atoms with E-state index in [0.29, 0.717) is 0 Å². The summed E-state index contributed by atoms with van der Waals surface area (Å²) in [4.78, 5) is 0. The number of hydrogen-bond donors (Lipinski definition) is 0. The van der Waals surface area contributed by atoms with Gasteiger partial charge >= 0.3 is 205 Å². The molecule has 0 bridgehead atoms. The van der Waals surface area contributed by atoms with Gasteiger partial charge in [-0.15, -0.1) is 0 Å². The number of halogens is 2. The topological polar surface area (TPSA) is 0 Å². The van der Waals surface area contributed by atoms with Gasteiger partial charge in [0.05, 0.1) is 0 Å². The zero-order chi connectivity index (χ0) is 22.2. The van der Waals surface area contributed by atoms with Gasteiger partial charge in [-0.2, -0.15) is 0 Å². The first-order chi connectivity index (χ1) is 16.3. The Labute approximate surface area is 228 Å². The Hall–Kier alpha value is -2.31. The number of rotatable bonds is 4. The van der Waals surface area contributed by atoms with Crippen LogP contribution in [0.4, 0.5) is 0 Å². The Morgan fingerprint density at radius 1 is 0.714 bits per heavy atom. The average molecular weight is 573 g/mol. The third-order valence-corrected chi connectivity index (χ3v) is 14.5. The molecule has 0 radical (unpaired) electrons. The maximum Gasteiger partial charge on any atom is -1.00 e. The van der Waals surface area contributed by atoms with Gasteiger partial charge in [0.15, 0.2) is 0 Å². The van der Waals surface area contributed by atoms with Crippen molar-refractivity contribution in [2.45, 2.75) is 19.8 Å². The molecule has 4 aromatic rings. The minimum absolute atomic E-state index is 0. The fourth-order valence-electron chi connectivity index (χ4n) is 5.43. The van der Waals surface area contributed by atoms with E-state index >= 15 is 0 Å². The van der Waals surface area contributed by atoms with Gasteiger partial charge in [0, 0.05) is 0 Å². The van der Waals surface area contributed by atoms with Gasteiger partial charge in [0.25, 0.3) is 0 Å². The third kappa shape index (κ3) is 4.75. The Balaban J connectivity index is 0.00000144. The summed E-state index contributed by atoms with van der Waals surface area (Å²) in [7, 11) is 0. The van der Waals surface area contributed by atoms with Crippen molar-refractivity contribution >= 4 is 6.48 Å². The molecule has 172 valence electrons. The number of aryl methyl sites for hydroxylation is 1. The van der Waals surface area contributed by atoms with Crippen molar-refractivity contribution in [1.82, 2.24) is 0 Å². The molecular formula is C32H26Cl2Zr. The fourth-order valence-corrected chi connectivity index (χ4v) is 13.3. The van der Waals surface area contributed by atoms with E-state index in [4.69, 9.17) is 0 Å². The van der Waals surface area contributed by atoms with E-state index in [9.17, 15) is 0 Å². The summed E-state index contributed by atoms with van der Waals surface area (Å²) < 4.78 is 4.91. The first-order valence-electron chi connectivity index (χ1n) is 11.7. The maximum absolute atomic E-state index is 2.49. The van der Waals surface area contributed by atoms with Crippen LogP contribution in [0, 0.1) is 6.92 Å². The average Bonchev–Trinajstić information content (AvgIpc) is 3.53. The molecule has 4 aromatic carbocycles. The summed E-state index contributed by atoms with van der Waals surface area (Å²) in [6.07, 6.45) is 9.19. The molecule has 0 heterocycles. The SMILES string of the molecule is Cc1cc[c]([Zr+2]([C]2=CC=CC2)=[C](c2ccccc2)c2ccccc2)c2c1-c1ccccc1C2.[Cl-].[Cl-]. The van der Waals surface area contributed by atoms with Gasteiger partial charge in [-0.1, -0.05) is 0 Å². The summed E-state index contributed by atoms with van der Waals surface area (Å²) in [6, 6.07) is 36.2. The van der Waals surface area contributed by atoms with Crippen molar-refractivity contribution in [3.8, 4) is 11.1 Å². The van der Waals surface area contributed by atoms with Crippen LogP contribution in [0.3, 0.4) is 0 Å². The smallest absolute Gasteiger partial charge is 1.00 e. The quantitative estimate of drug-likeness (QED) is 0.301. The van der Waals surface area contributed by atoms with E-state index in [-0.39, 0.29) is 24.8 Å². The Morgan fingerprint density at radius 3 is 1.97 bits per heavy atom. The minimum Gasteiger partial charge on any atom is -1.00 e. The van der Waals surface area contributed by atoms with Crippen LogP contribution in [-0.4, -0.2) is 3.21 Å². The number of benzene rings is 4. The molecule has 0 atom stereocenters. The molecule has 2 aliphatic rings. The Kier molecular flexibility index (Phi) is 8.23. The number of hydrogen-bond acceptors (Lipinski definition) is 0. The Morgan fingerprint density at radius 2 is 1.34 bits per heavy atom. The summed E-state index contributed by atoms with van der Waals surface area (Å²) in [5.74, 6) is 0. The van der Waals surface area contributed by atoms with E-state index < -0.39 is 21.3 Å². The fraction of sp³-hybridized carbons (Fsp3) is 0.0938. The molecule has 0 saturated heterocycles. The molecule has 0 aromatic heterocycles. The standard InChI is InChI=1S/C14H11.C13H10.C5H5.2ClH.Zr/c1-10-5-4-7-12-9-11-6-2-3-8-13(11)14(10)12;1-3-7-12(8-4-1)11-13-9-5-2-6-10-13;1-2-4-5-3-1;;;/h2-6,8H,9H2,1H3;1-10H;1-3H,4H2;2*1H;/q;;;;;+2/p-2. The normalized spacial score (nSPS) is 12.4. The molecule has 0 amide bonds. The second-order valence-corrected chi connectivity index (χ2v) is 14.9. The maximum atomic E-state index is 2.49. The second-order valence-electron chi connectivity index (χ2n) is 8.92. The molecule has 35 heavy (non-hydrogen) atoms. The molecule has 0 unspecified atom stereocenters. The van der Waals surface area contributed by atoms with Crippen LogP contribution in [-0.2, 0) is 27.7 Å². The molecular weight excluding hydrogens is 546 g/mol. The van der Waals surface area contributed by atoms with Crippen LogP contribution in [0.15, 0.2) is 119 Å². The van der Waals surface area contributed by atoms with Gasteiger partial charge < -0.3 is 24.8 Å². The van der Waals surface area contributed by atoms with Crippen LogP contribution in [0.1, 0.15) is 34.2 Å². The Bertz CT molecular complexity index is 1410. The van der Waals surface area contributed by atoms with E-state index in [1.54, 1.807) is 15.3 Å². The molecule has 0 N–H and O–H groups in total. The number of allylic oxidation sites excluding steroid dienone is 4. The van der Waals surface area contributed by atoms with Gasteiger partial charge in [0.2, 0.25) is 0 Å². The van der Waals surface area contributed by atoms with Gasteiger partial charge in [0.1, 0.15) is 0 Å². The first-order valence-corrected chi connectivity index (χ1v) is 15.4. The van der Waals surface area contributed by atoms with Crippen molar-refractivity contribution in [1.29, 1.82) is 0 Å². The predicted octanol–water partition coefficient (Wildman–Crippen LogP) is 0.931. The van der Waals surface area contributed by atoms with Gasteiger partial charge in [-0.05, 0) is 0 Å². The van der Waals surface area contributed by atoms with E-state index in [2.05, 4.69) is 122 Å². The van der Waals surface area contributed by atoms with Gasteiger partial charge in [-0.3, -0.25) is 0 Å². The van der Waals surface area contributed by atoms with Crippen molar-refractivity contribution in [3.63, 3.8) is 0 Å². The summed E-state index contributed by atoms with van der Waals surface area (Å²) in [6.45, 7) is 2.28. The van der Waals surface area contributed by atoms with Crippen LogP contribution in [0.5, 0.6) is 0 Å². The monoisotopic (exact) mass is 570 g/mol. The molecule has 0 fully saturated rings. The largest absolute Gasteiger partial charge is 1.00 e. The van der Waals surface area contributed by atoms with E-state index in [1.807, 2.05) is 0 Å². The molecule has 0 aliphatic heterocycles. The third-order valence-electron chi connectivity index (χ3n) is 6.91. The van der Waals surface area contributed by atoms with Crippen molar-refractivity contribution in [2.24, 2.45) is 0 Å². The molecule has 0 saturated carbocycles. The van der Waals surface area contributed by atoms with Crippen molar-refractivity contribution < 1.29 is 46.1 Å². The molecule has 2 aliphatic carbocycles. The zero-order valence-electron chi connectivity index (χ0n) is 19.6. The number of fused-ring (bicyclic) bond motifs is 3. The summed E-state index contributed by atoms with van der Waals surface area (Å²) in [5.41, 5.74) is 10.2. The first kappa shape index (κ1) is 25.8. The van der Waals surface area contributed by atoms with Crippen LogP contribution in [0.2, 0.25) is 0 Å². The molecule has 0 spiro atoms. The second kappa shape index (κ2) is 11.2. The minimum atomic E-state index is -2.49. The van der Waals surface area contributed by atoms with Crippen molar-refractivity contribution in [3.05, 3.63) is 146 Å². The van der Waals surface area contributed by atoms with Crippen molar-refractivity contribution in [2.75, 3.05) is 0 Å². The summed E-state index contributed by atoms with van der Waals surface area (Å²) in [5, 5.41) is 0.